The van der Waals surface area contributed by atoms with Crippen LogP contribution in [0.5, 0.6) is 5.75 Å². The molecular weight excluding hydrogens is 440 g/mol. The molecule has 3 aromatic rings. The van der Waals surface area contributed by atoms with Crippen molar-refractivity contribution in [3.63, 3.8) is 0 Å². The van der Waals surface area contributed by atoms with Crippen molar-refractivity contribution < 1.29 is 23.4 Å². The fraction of sp³-hybridized carbons (Fsp3) is 0.350. The highest BCUT2D eigenvalue weighted by Gasteiger charge is 2.26. The lowest BCUT2D eigenvalue weighted by atomic mass is 10.2. The minimum atomic E-state index is -3.94. The number of imidazole rings is 1. The number of nitrogens with zero attached hydrogens (tertiary/aromatic N) is 4. The molecule has 0 aliphatic rings. The first kappa shape index (κ1) is 23.3. The molecule has 32 heavy (non-hydrogen) atoms. The predicted octanol–water partition coefficient (Wildman–Crippen LogP) is -1.03. The van der Waals surface area contributed by atoms with E-state index in [2.05, 4.69) is 16.8 Å². The second kappa shape index (κ2) is 9.39. The molecule has 0 spiro atoms. The number of hydrogen-bond acceptors (Lipinski definition) is 8. The lowest BCUT2D eigenvalue weighted by Crippen LogP contribution is -2.38. The van der Waals surface area contributed by atoms with Gasteiger partial charge in [0.1, 0.15) is 5.75 Å². The highest BCUT2D eigenvalue weighted by Crippen LogP contribution is 2.16. The molecule has 0 bridgehead atoms. The number of hydrogen-bond donors (Lipinski definition) is 2. The molecule has 2 N–H and O–H groups in total. The van der Waals surface area contributed by atoms with Gasteiger partial charge in [-0.05, 0) is 18.2 Å². The van der Waals surface area contributed by atoms with Crippen LogP contribution in [0.2, 0.25) is 0 Å². The zero-order valence-corrected chi connectivity index (χ0v) is 18.3. The van der Waals surface area contributed by atoms with Crippen molar-refractivity contribution in [1.82, 2.24) is 18.7 Å². The molecule has 0 amide bonds. The van der Waals surface area contributed by atoms with Crippen molar-refractivity contribution in [2.75, 3.05) is 25.6 Å². The highest BCUT2D eigenvalue weighted by molar-refractivity contribution is 7.91. The monoisotopic (exact) mass is 462 g/mol. The van der Waals surface area contributed by atoms with Crippen molar-refractivity contribution in [2.24, 2.45) is 14.1 Å². The van der Waals surface area contributed by atoms with Crippen LogP contribution < -0.4 is 11.2 Å². The number of ether oxygens (including phenoxy) is 1. The van der Waals surface area contributed by atoms with E-state index in [1.165, 1.54) is 26.2 Å². The van der Waals surface area contributed by atoms with E-state index in [1.807, 2.05) is 0 Å². The molecule has 0 radical (unpaired) electrons. The molecular formula is C20H22N4O7S. The molecule has 0 saturated carbocycles. The number of aromatic nitrogens is 4. The number of benzene rings is 1. The molecule has 11 nitrogen and oxygen atoms in total. The first-order chi connectivity index (χ1) is 15.2. The van der Waals surface area contributed by atoms with Gasteiger partial charge in [0, 0.05) is 19.7 Å². The van der Waals surface area contributed by atoms with E-state index < -0.39 is 26.8 Å². The Morgan fingerprint density at radius 3 is 2.59 bits per heavy atom. The third-order valence-electron chi connectivity index (χ3n) is 4.64. The fourth-order valence-electron chi connectivity index (χ4n) is 3.06. The summed E-state index contributed by atoms with van der Waals surface area (Å²) in [6.45, 7) is -0.560. The molecule has 170 valence electrons. The summed E-state index contributed by atoms with van der Waals surface area (Å²) in [6, 6.07) is 6.25. The number of aryl methyl sites for hydroxylation is 1. The van der Waals surface area contributed by atoms with E-state index in [-0.39, 0.29) is 48.4 Å². The van der Waals surface area contributed by atoms with Gasteiger partial charge in [0.25, 0.3) is 5.56 Å². The number of aromatic hydroxyl groups is 1. The summed E-state index contributed by atoms with van der Waals surface area (Å²) in [5.74, 6) is 5.22. The van der Waals surface area contributed by atoms with E-state index >= 15 is 0 Å². The van der Waals surface area contributed by atoms with Crippen molar-refractivity contribution in [1.29, 1.82) is 0 Å². The van der Waals surface area contributed by atoms with Crippen LogP contribution in [0.1, 0.15) is 5.56 Å². The second-order valence-corrected chi connectivity index (χ2v) is 8.87. The van der Waals surface area contributed by atoms with Crippen LogP contribution >= 0.6 is 0 Å². The van der Waals surface area contributed by atoms with Crippen LogP contribution in [0.3, 0.4) is 0 Å². The quantitative estimate of drug-likeness (QED) is 0.335. The lowest BCUT2D eigenvalue weighted by molar-refractivity contribution is 0.103. The van der Waals surface area contributed by atoms with Gasteiger partial charge >= 0.3 is 5.69 Å². The Hall–Kier alpha value is -3.40. The first-order valence-electron chi connectivity index (χ1n) is 9.53. The molecule has 0 fully saturated rings. The van der Waals surface area contributed by atoms with Gasteiger partial charge in [-0.25, -0.2) is 13.2 Å². The fourth-order valence-corrected chi connectivity index (χ4v) is 4.31. The van der Waals surface area contributed by atoms with Crippen molar-refractivity contribution in [3.05, 3.63) is 50.7 Å². The minimum absolute atomic E-state index is 0.00396. The van der Waals surface area contributed by atoms with Crippen LogP contribution in [0.25, 0.3) is 11.2 Å². The van der Waals surface area contributed by atoms with E-state index in [4.69, 9.17) is 9.84 Å². The molecule has 0 saturated heterocycles. The number of phenolic OH excluding ortho intramolecular Hbond substituents is 1. The highest BCUT2D eigenvalue weighted by atomic mass is 32.2. The minimum Gasteiger partial charge on any atom is -0.508 e. The zero-order chi connectivity index (χ0) is 23.5. The van der Waals surface area contributed by atoms with Crippen LogP contribution in [-0.2, 0) is 35.2 Å². The van der Waals surface area contributed by atoms with E-state index in [0.29, 0.717) is 5.56 Å². The third-order valence-corrected chi connectivity index (χ3v) is 6.27. The van der Waals surface area contributed by atoms with Gasteiger partial charge in [-0.15, -0.1) is 0 Å². The molecule has 0 atom stereocenters. The molecule has 3 rings (SSSR count). The van der Waals surface area contributed by atoms with Crippen LogP contribution in [0.15, 0.2) is 39.0 Å². The number of rotatable bonds is 7. The standard InChI is InChI=1S/C20H22N4O7S/c1-22-16-17(21-19(22)32(29,30)12-11-31-10-9-25)24(20(28)23(2)18(16)27)8-4-6-14-5-3-7-15(26)13-14/h3,5,7,13,25-26H,8-12H2,1-2H3. The normalized spacial score (nSPS) is 11.5. The maximum Gasteiger partial charge on any atom is 0.333 e. The average Bonchev–Trinajstić information content (AvgIpc) is 3.10. The number of phenols is 1. The Balaban J connectivity index is 2.07. The van der Waals surface area contributed by atoms with Gasteiger partial charge in [0.15, 0.2) is 11.2 Å². The van der Waals surface area contributed by atoms with Gasteiger partial charge in [0.2, 0.25) is 15.0 Å². The second-order valence-electron chi connectivity index (χ2n) is 6.87. The summed E-state index contributed by atoms with van der Waals surface area (Å²) in [4.78, 5) is 29.5. The SMILES string of the molecule is Cn1c(=O)c2c(nc(S(=O)(=O)CCOCCO)n2C)n(CC#Cc2cccc(O)c2)c1=O. The van der Waals surface area contributed by atoms with Crippen LogP contribution in [0.4, 0.5) is 0 Å². The van der Waals surface area contributed by atoms with Crippen LogP contribution in [0, 0.1) is 11.8 Å². The topological polar surface area (TPSA) is 146 Å². The number of fused-ring (bicyclic) bond motifs is 1. The van der Waals surface area contributed by atoms with Gasteiger partial charge in [-0.1, -0.05) is 17.9 Å². The maximum absolute atomic E-state index is 12.7. The largest absolute Gasteiger partial charge is 0.508 e. The van der Waals surface area contributed by atoms with Gasteiger partial charge < -0.3 is 19.5 Å². The van der Waals surface area contributed by atoms with Gasteiger partial charge in [-0.2, -0.15) is 4.98 Å². The van der Waals surface area contributed by atoms with Crippen molar-refractivity contribution in [2.45, 2.75) is 11.7 Å². The summed E-state index contributed by atoms with van der Waals surface area (Å²) in [7, 11) is -1.28. The Labute approximate surface area is 183 Å². The van der Waals surface area contributed by atoms with E-state index in [1.54, 1.807) is 12.1 Å². The Kier molecular flexibility index (Phi) is 6.83. The average molecular weight is 462 g/mol. The third kappa shape index (κ3) is 4.59. The van der Waals surface area contributed by atoms with Crippen LogP contribution in [-0.4, -0.2) is 62.9 Å². The Bertz CT molecular complexity index is 1440. The van der Waals surface area contributed by atoms with E-state index in [0.717, 1.165) is 13.7 Å². The smallest absolute Gasteiger partial charge is 0.333 e. The molecule has 0 aliphatic heterocycles. The Morgan fingerprint density at radius 2 is 1.91 bits per heavy atom. The summed E-state index contributed by atoms with van der Waals surface area (Å²) in [5, 5.41) is 17.9. The lowest BCUT2D eigenvalue weighted by Gasteiger charge is -2.06. The molecule has 0 unspecified atom stereocenters. The molecule has 2 heterocycles. The Morgan fingerprint density at radius 1 is 1.16 bits per heavy atom. The van der Waals surface area contributed by atoms with Gasteiger partial charge in [0.05, 0.1) is 32.1 Å². The summed E-state index contributed by atoms with van der Waals surface area (Å²) in [5.41, 5.74) is -1.01. The first-order valence-corrected chi connectivity index (χ1v) is 11.2. The van der Waals surface area contributed by atoms with Gasteiger partial charge in [-0.3, -0.25) is 13.9 Å². The summed E-state index contributed by atoms with van der Waals surface area (Å²) >= 11 is 0. The van der Waals surface area contributed by atoms with Crippen molar-refractivity contribution >= 4 is 21.0 Å². The number of sulfone groups is 1. The van der Waals surface area contributed by atoms with Crippen molar-refractivity contribution in [3.8, 4) is 17.6 Å². The summed E-state index contributed by atoms with van der Waals surface area (Å²) < 4.78 is 33.6. The molecule has 0 aliphatic carbocycles. The molecule has 1 aromatic carbocycles. The number of aliphatic hydroxyl groups excluding tert-OH is 1. The molecule has 2 aromatic heterocycles. The predicted molar refractivity (Wildman–Crippen MR) is 115 cm³/mol. The zero-order valence-electron chi connectivity index (χ0n) is 17.5. The number of aliphatic hydroxyl groups is 1. The van der Waals surface area contributed by atoms with E-state index in [9.17, 15) is 23.1 Å². The molecule has 12 heteroatoms. The maximum atomic E-state index is 12.7. The summed E-state index contributed by atoms with van der Waals surface area (Å²) in [6.07, 6.45) is 0.